The highest BCUT2D eigenvalue weighted by Gasteiger charge is 2.30. The van der Waals surface area contributed by atoms with Gasteiger partial charge in [-0.2, -0.15) is 5.10 Å². The average Bonchev–Trinajstić information content (AvgIpc) is 3.44. The topological polar surface area (TPSA) is 107 Å². The summed E-state index contributed by atoms with van der Waals surface area (Å²) < 4.78 is 14.7. The van der Waals surface area contributed by atoms with Gasteiger partial charge >= 0.3 is 11.8 Å². The summed E-state index contributed by atoms with van der Waals surface area (Å²) >= 11 is 0. The number of nitrogens with zero attached hydrogens (tertiary/aromatic N) is 5. The highest BCUT2D eigenvalue weighted by atomic mass is 16.6. The summed E-state index contributed by atoms with van der Waals surface area (Å²) in [4.78, 5) is 35.0. The van der Waals surface area contributed by atoms with Gasteiger partial charge in [-0.1, -0.05) is 13.8 Å². The van der Waals surface area contributed by atoms with Crippen LogP contribution in [0.5, 0.6) is 5.75 Å². The van der Waals surface area contributed by atoms with Crippen LogP contribution in [0, 0.1) is 0 Å². The van der Waals surface area contributed by atoms with Crippen LogP contribution in [0.25, 0.3) is 27.8 Å². The molecule has 1 saturated heterocycles. The number of hydrogen-bond donors (Lipinski definition) is 1. The summed E-state index contributed by atoms with van der Waals surface area (Å²) in [7, 11) is 1.61. The Morgan fingerprint density at radius 3 is 2.70 bits per heavy atom. The lowest BCUT2D eigenvalue weighted by atomic mass is 9.92. The van der Waals surface area contributed by atoms with Crippen molar-refractivity contribution in [1.82, 2.24) is 29.0 Å². The molecule has 0 saturated carbocycles. The number of carbonyl (C=O) groups excluding carboxylic acids is 1. The van der Waals surface area contributed by atoms with E-state index in [1.54, 1.807) is 16.5 Å². The molecule has 1 aliphatic heterocycles. The quantitative estimate of drug-likeness (QED) is 0.428. The van der Waals surface area contributed by atoms with Gasteiger partial charge in [-0.25, -0.2) is 19.1 Å². The fraction of sp³-hybridized carbons (Fsp3) is 0.481. The zero-order valence-electron chi connectivity index (χ0n) is 22.2. The molecule has 0 radical (unpaired) electrons. The number of amides is 1. The minimum Gasteiger partial charge on any atom is -0.493 e. The van der Waals surface area contributed by atoms with Gasteiger partial charge in [-0.15, -0.1) is 0 Å². The van der Waals surface area contributed by atoms with Gasteiger partial charge < -0.3 is 19.4 Å². The highest BCUT2D eigenvalue weighted by molar-refractivity contribution is 5.85. The van der Waals surface area contributed by atoms with E-state index in [9.17, 15) is 9.59 Å². The first-order valence-electron chi connectivity index (χ1n) is 12.7. The van der Waals surface area contributed by atoms with Crippen LogP contribution in [-0.4, -0.2) is 60.9 Å². The van der Waals surface area contributed by atoms with E-state index in [0.29, 0.717) is 24.5 Å². The van der Waals surface area contributed by atoms with E-state index in [0.717, 1.165) is 40.6 Å². The van der Waals surface area contributed by atoms with Gasteiger partial charge in [0.25, 0.3) is 0 Å². The van der Waals surface area contributed by atoms with Crippen LogP contribution in [0.4, 0.5) is 4.79 Å². The molecule has 1 amide bonds. The number of methoxy groups -OCH3 is 1. The Labute approximate surface area is 215 Å². The number of likely N-dealkylation sites (tertiary alicyclic amines) is 1. The second-order valence-corrected chi connectivity index (χ2v) is 11.0. The maximum absolute atomic E-state index is 13.2. The van der Waals surface area contributed by atoms with Crippen LogP contribution in [-0.2, 0) is 4.74 Å². The number of ether oxygens (including phenoxy) is 2. The number of pyridine rings is 1. The Balaban J connectivity index is 1.58. The molecule has 4 aromatic rings. The lowest BCUT2D eigenvalue weighted by molar-refractivity contribution is 0.0173. The van der Waals surface area contributed by atoms with Crippen molar-refractivity contribution in [1.29, 1.82) is 0 Å². The molecular formula is C27H34N6O4. The van der Waals surface area contributed by atoms with Crippen LogP contribution in [0.2, 0.25) is 0 Å². The molecule has 5 rings (SSSR count). The summed E-state index contributed by atoms with van der Waals surface area (Å²) in [5, 5.41) is 4.29. The first kappa shape index (κ1) is 24.9. The standard InChI is InChI=1S/C27H34N6O4/c1-16(2)19-12-22-21(11-20(19)17-10-23(36-6)24-28-15-29-32(24)13-17)30-25(34)33(22)18-8-7-9-31(14-18)26(35)37-27(3,4)5/h10-13,15-16,18H,7-9,14H2,1-6H3,(H,30,34)/t18-/m0/s1. The normalized spacial score (nSPS) is 16.6. The van der Waals surface area contributed by atoms with Crippen LogP contribution >= 0.6 is 0 Å². The number of nitrogens with one attached hydrogen (secondary N) is 1. The number of piperidine rings is 1. The van der Waals surface area contributed by atoms with Gasteiger partial charge in [-0.3, -0.25) is 4.57 Å². The monoisotopic (exact) mass is 506 g/mol. The first-order valence-corrected chi connectivity index (χ1v) is 12.7. The molecule has 4 heterocycles. The van der Waals surface area contributed by atoms with E-state index in [2.05, 4.69) is 35.0 Å². The minimum atomic E-state index is -0.567. The molecule has 1 fully saturated rings. The molecule has 1 atom stereocenters. The second kappa shape index (κ2) is 9.24. The Bertz CT molecular complexity index is 1520. The van der Waals surface area contributed by atoms with Crippen molar-refractivity contribution in [3.63, 3.8) is 0 Å². The van der Waals surface area contributed by atoms with Gasteiger partial charge in [-0.05, 0) is 68.9 Å². The molecule has 1 aromatic carbocycles. The van der Waals surface area contributed by atoms with E-state index in [4.69, 9.17) is 9.47 Å². The number of benzene rings is 1. The van der Waals surface area contributed by atoms with Crippen molar-refractivity contribution < 1.29 is 14.3 Å². The summed E-state index contributed by atoms with van der Waals surface area (Å²) in [6.45, 7) is 10.9. The van der Waals surface area contributed by atoms with Gasteiger partial charge in [0.05, 0.1) is 24.2 Å². The van der Waals surface area contributed by atoms with E-state index >= 15 is 0 Å². The maximum Gasteiger partial charge on any atom is 0.410 e. The summed E-state index contributed by atoms with van der Waals surface area (Å²) in [5.74, 6) is 0.820. The summed E-state index contributed by atoms with van der Waals surface area (Å²) in [6.07, 6.45) is 4.69. The highest BCUT2D eigenvalue weighted by Crippen LogP contribution is 2.36. The number of H-pyrrole nitrogens is 1. The zero-order chi connectivity index (χ0) is 26.5. The van der Waals surface area contributed by atoms with Gasteiger partial charge in [0, 0.05) is 24.8 Å². The van der Waals surface area contributed by atoms with E-state index in [-0.39, 0.29) is 23.7 Å². The number of hydrogen-bond acceptors (Lipinski definition) is 6. The Kier molecular flexibility index (Phi) is 6.21. The van der Waals surface area contributed by atoms with Crippen LogP contribution in [0.15, 0.2) is 35.5 Å². The van der Waals surface area contributed by atoms with Gasteiger partial charge in [0.15, 0.2) is 11.4 Å². The molecule has 0 bridgehead atoms. The molecule has 0 unspecified atom stereocenters. The predicted octanol–water partition coefficient (Wildman–Crippen LogP) is 4.74. The third-order valence-corrected chi connectivity index (χ3v) is 6.80. The smallest absolute Gasteiger partial charge is 0.410 e. The molecular weight excluding hydrogens is 472 g/mol. The maximum atomic E-state index is 13.2. The van der Waals surface area contributed by atoms with Crippen molar-refractivity contribution in [2.24, 2.45) is 0 Å². The number of aromatic amines is 1. The van der Waals surface area contributed by atoms with Crippen LogP contribution in [0.1, 0.15) is 65.0 Å². The number of imidazole rings is 1. The number of fused-ring (bicyclic) bond motifs is 2. The van der Waals surface area contributed by atoms with Crippen molar-refractivity contribution >= 4 is 22.8 Å². The average molecular weight is 507 g/mol. The molecule has 3 aromatic heterocycles. The third-order valence-electron chi connectivity index (χ3n) is 6.80. The first-order chi connectivity index (χ1) is 17.6. The lowest BCUT2D eigenvalue weighted by Gasteiger charge is -2.34. The largest absolute Gasteiger partial charge is 0.493 e. The SMILES string of the molecule is COc1cc(-c2cc3[nH]c(=O)n([C@H]4CCCN(C(=O)OC(C)(C)C)C4)c3cc2C(C)C)cn2ncnc12. The van der Waals surface area contributed by atoms with E-state index < -0.39 is 5.60 Å². The second-order valence-electron chi connectivity index (χ2n) is 11.0. The zero-order valence-corrected chi connectivity index (χ0v) is 22.2. The molecule has 37 heavy (non-hydrogen) atoms. The van der Waals surface area contributed by atoms with Gasteiger partial charge in [0.2, 0.25) is 0 Å². The summed E-state index contributed by atoms with van der Waals surface area (Å²) in [5.41, 5.74) is 4.49. The fourth-order valence-corrected chi connectivity index (χ4v) is 5.13. The molecule has 1 N–H and O–H groups in total. The number of rotatable bonds is 4. The molecule has 10 heteroatoms. The van der Waals surface area contributed by atoms with E-state index in [1.165, 1.54) is 6.33 Å². The Hall–Kier alpha value is -3.82. The number of aromatic nitrogens is 5. The molecule has 1 aliphatic rings. The van der Waals surface area contributed by atoms with Crippen LogP contribution < -0.4 is 10.4 Å². The minimum absolute atomic E-state index is 0.139. The van der Waals surface area contributed by atoms with Crippen molar-refractivity contribution in [2.45, 2.75) is 65.0 Å². The lowest BCUT2D eigenvalue weighted by Crippen LogP contribution is -2.44. The van der Waals surface area contributed by atoms with Crippen molar-refractivity contribution in [3.8, 4) is 16.9 Å². The van der Waals surface area contributed by atoms with E-state index in [1.807, 2.05) is 43.7 Å². The molecule has 0 aliphatic carbocycles. The van der Waals surface area contributed by atoms with Crippen molar-refractivity contribution in [3.05, 3.63) is 46.8 Å². The summed E-state index contributed by atoms with van der Waals surface area (Å²) in [6, 6.07) is 5.93. The molecule has 196 valence electrons. The Morgan fingerprint density at radius 2 is 2.00 bits per heavy atom. The van der Waals surface area contributed by atoms with Gasteiger partial charge in [0.1, 0.15) is 11.9 Å². The Morgan fingerprint density at radius 1 is 1.22 bits per heavy atom. The predicted molar refractivity (Wildman–Crippen MR) is 141 cm³/mol. The third kappa shape index (κ3) is 4.68. The molecule has 10 nitrogen and oxygen atoms in total. The number of carbonyl (C=O) groups is 1. The van der Waals surface area contributed by atoms with Crippen LogP contribution in [0.3, 0.4) is 0 Å². The van der Waals surface area contributed by atoms with Crippen molar-refractivity contribution in [2.75, 3.05) is 20.2 Å². The molecule has 0 spiro atoms. The fourth-order valence-electron chi connectivity index (χ4n) is 5.13.